The SMILES string of the molecule is CCOC(=O)CN(C)C(=O)CCc1ccc(F)c(F)c1. The summed E-state index contributed by atoms with van der Waals surface area (Å²) in [6, 6.07) is 3.52. The molecule has 0 unspecified atom stereocenters. The van der Waals surface area contributed by atoms with E-state index in [0.29, 0.717) is 5.56 Å². The van der Waals surface area contributed by atoms with Gasteiger partial charge in [-0.15, -0.1) is 0 Å². The van der Waals surface area contributed by atoms with Gasteiger partial charge in [-0.2, -0.15) is 0 Å². The van der Waals surface area contributed by atoms with Gasteiger partial charge < -0.3 is 9.64 Å². The minimum absolute atomic E-state index is 0.112. The summed E-state index contributed by atoms with van der Waals surface area (Å²) in [5.74, 6) is -2.59. The van der Waals surface area contributed by atoms with Crippen LogP contribution in [0.15, 0.2) is 18.2 Å². The van der Waals surface area contributed by atoms with E-state index in [9.17, 15) is 18.4 Å². The molecule has 1 rings (SSSR count). The Kier molecular flexibility index (Phi) is 6.09. The zero-order valence-corrected chi connectivity index (χ0v) is 11.5. The number of halogens is 2. The first-order chi connectivity index (χ1) is 9.43. The van der Waals surface area contributed by atoms with E-state index in [1.54, 1.807) is 6.92 Å². The van der Waals surface area contributed by atoms with Crippen LogP contribution in [0.4, 0.5) is 8.78 Å². The highest BCUT2D eigenvalue weighted by molar-refractivity contribution is 5.81. The molecule has 0 aliphatic carbocycles. The second-order valence-corrected chi connectivity index (χ2v) is 4.30. The first-order valence-electron chi connectivity index (χ1n) is 6.27. The van der Waals surface area contributed by atoms with Crippen LogP contribution < -0.4 is 0 Å². The van der Waals surface area contributed by atoms with Crippen LogP contribution in [0.25, 0.3) is 0 Å². The summed E-state index contributed by atoms with van der Waals surface area (Å²) in [5, 5.41) is 0. The third-order valence-electron chi connectivity index (χ3n) is 2.71. The summed E-state index contributed by atoms with van der Waals surface area (Å²) in [4.78, 5) is 24.2. The van der Waals surface area contributed by atoms with Crippen LogP contribution in [0.3, 0.4) is 0 Å². The molecule has 0 aromatic heterocycles. The molecule has 1 amide bonds. The topological polar surface area (TPSA) is 46.6 Å². The lowest BCUT2D eigenvalue weighted by Gasteiger charge is -2.16. The van der Waals surface area contributed by atoms with Crippen LogP contribution in [0, 0.1) is 11.6 Å². The zero-order valence-electron chi connectivity index (χ0n) is 11.5. The Bertz CT molecular complexity index is 491. The molecule has 6 heteroatoms. The maximum absolute atomic E-state index is 13.0. The Hall–Kier alpha value is -1.98. The number of hydrogen-bond acceptors (Lipinski definition) is 3. The summed E-state index contributed by atoms with van der Waals surface area (Å²) in [7, 11) is 1.49. The van der Waals surface area contributed by atoms with E-state index in [1.165, 1.54) is 18.0 Å². The van der Waals surface area contributed by atoms with Gasteiger partial charge in [0, 0.05) is 13.5 Å². The highest BCUT2D eigenvalue weighted by Gasteiger charge is 2.13. The van der Waals surface area contributed by atoms with E-state index in [0.717, 1.165) is 12.1 Å². The monoisotopic (exact) mass is 285 g/mol. The number of nitrogens with zero attached hydrogens (tertiary/aromatic N) is 1. The van der Waals surface area contributed by atoms with Crippen LogP contribution >= 0.6 is 0 Å². The zero-order chi connectivity index (χ0) is 15.1. The number of carbonyl (C=O) groups is 2. The van der Waals surface area contributed by atoms with E-state index < -0.39 is 17.6 Å². The molecule has 20 heavy (non-hydrogen) atoms. The molecular formula is C14H17F2NO3. The van der Waals surface area contributed by atoms with Crippen molar-refractivity contribution < 1.29 is 23.1 Å². The Labute approximate surface area is 116 Å². The minimum atomic E-state index is -0.935. The van der Waals surface area contributed by atoms with Gasteiger partial charge in [-0.3, -0.25) is 9.59 Å². The highest BCUT2D eigenvalue weighted by Crippen LogP contribution is 2.11. The van der Waals surface area contributed by atoms with Crippen molar-refractivity contribution in [1.82, 2.24) is 4.90 Å². The molecule has 110 valence electrons. The van der Waals surface area contributed by atoms with Gasteiger partial charge in [0.2, 0.25) is 5.91 Å². The van der Waals surface area contributed by atoms with Crippen LogP contribution in [-0.2, 0) is 20.7 Å². The molecule has 1 aromatic carbocycles. The quantitative estimate of drug-likeness (QED) is 0.750. The average molecular weight is 285 g/mol. The summed E-state index contributed by atoms with van der Waals surface area (Å²) >= 11 is 0. The number of benzene rings is 1. The predicted octanol–water partition coefficient (Wildman–Crippen LogP) is 1.92. The van der Waals surface area contributed by atoms with E-state index in [2.05, 4.69) is 0 Å². The van der Waals surface area contributed by atoms with Crippen molar-refractivity contribution in [2.24, 2.45) is 0 Å². The van der Waals surface area contributed by atoms with Crippen molar-refractivity contribution in [2.75, 3.05) is 20.2 Å². The highest BCUT2D eigenvalue weighted by atomic mass is 19.2. The molecule has 0 bridgehead atoms. The largest absolute Gasteiger partial charge is 0.465 e. The van der Waals surface area contributed by atoms with Crippen LogP contribution in [0.1, 0.15) is 18.9 Å². The normalized spacial score (nSPS) is 10.2. The second-order valence-electron chi connectivity index (χ2n) is 4.30. The molecule has 0 atom stereocenters. The molecule has 0 fully saturated rings. The number of carbonyl (C=O) groups excluding carboxylic acids is 2. The smallest absolute Gasteiger partial charge is 0.325 e. The number of rotatable bonds is 6. The number of hydrogen-bond donors (Lipinski definition) is 0. The molecular weight excluding hydrogens is 268 g/mol. The van der Waals surface area contributed by atoms with E-state index in [4.69, 9.17) is 4.74 Å². The van der Waals surface area contributed by atoms with Gasteiger partial charge >= 0.3 is 5.97 Å². The predicted molar refractivity (Wildman–Crippen MR) is 68.9 cm³/mol. The van der Waals surface area contributed by atoms with E-state index in [-0.39, 0.29) is 31.9 Å². The first-order valence-corrected chi connectivity index (χ1v) is 6.27. The number of ether oxygens (including phenoxy) is 1. The third-order valence-corrected chi connectivity index (χ3v) is 2.71. The molecule has 0 saturated heterocycles. The van der Waals surface area contributed by atoms with Crippen molar-refractivity contribution in [1.29, 1.82) is 0 Å². The van der Waals surface area contributed by atoms with E-state index in [1.807, 2.05) is 0 Å². The Morgan fingerprint density at radius 2 is 1.95 bits per heavy atom. The Morgan fingerprint density at radius 1 is 1.25 bits per heavy atom. The van der Waals surface area contributed by atoms with Crippen molar-refractivity contribution in [2.45, 2.75) is 19.8 Å². The fraction of sp³-hybridized carbons (Fsp3) is 0.429. The average Bonchev–Trinajstić information content (AvgIpc) is 2.39. The molecule has 4 nitrogen and oxygen atoms in total. The Balaban J connectivity index is 2.46. The van der Waals surface area contributed by atoms with Crippen molar-refractivity contribution >= 4 is 11.9 Å². The van der Waals surface area contributed by atoms with Crippen LogP contribution in [0.5, 0.6) is 0 Å². The van der Waals surface area contributed by atoms with Gasteiger partial charge in [0.05, 0.1) is 6.61 Å². The summed E-state index contributed by atoms with van der Waals surface area (Å²) in [6.07, 6.45) is 0.393. The van der Waals surface area contributed by atoms with E-state index >= 15 is 0 Å². The van der Waals surface area contributed by atoms with Crippen molar-refractivity contribution in [3.63, 3.8) is 0 Å². The van der Waals surface area contributed by atoms with Gasteiger partial charge in [-0.25, -0.2) is 8.78 Å². The number of likely N-dealkylation sites (N-methyl/N-ethyl adjacent to an activating group) is 1. The third kappa shape index (κ3) is 4.95. The number of aryl methyl sites for hydroxylation is 1. The summed E-state index contributed by atoms with van der Waals surface area (Å²) in [5.41, 5.74) is 0.529. The maximum Gasteiger partial charge on any atom is 0.325 e. The molecule has 0 radical (unpaired) electrons. The van der Waals surface area contributed by atoms with Crippen LogP contribution in [-0.4, -0.2) is 37.0 Å². The van der Waals surface area contributed by atoms with Gasteiger partial charge in [0.25, 0.3) is 0 Å². The molecule has 0 aliphatic rings. The first kappa shape index (κ1) is 16.1. The second kappa shape index (κ2) is 7.57. The molecule has 0 saturated carbocycles. The molecule has 0 N–H and O–H groups in total. The van der Waals surface area contributed by atoms with Gasteiger partial charge in [0.15, 0.2) is 11.6 Å². The maximum atomic E-state index is 13.0. The minimum Gasteiger partial charge on any atom is -0.465 e. The molecule has 0 aliphatic heterocycles. The fourth-order valence-corrected chi connectivity index (χ4v) is 1.63. The van der Waals surface area contributed by atoms with Gasteiger partial charge in [-0.1, -0.05) is 6.07 Å². The standard InChI is InChI=1S/C14H17F2NO3/c1-3-20-14(19)9-17(2)13(18)7-5-10-4-6-11(15)12(16)8-10/h4,6,8H,3,5,7,9H2,1-2H3. The molecule has 1 aromatic rings. The Morgan fingerprint density at radius 3 is 2.55 bits per heavy atom. The summed E-state index contributed by atoms with van der Waals surface area (Å²) < 4.78 is 30.5. The van der Waals surface area contributed by atoms with Gasteiger partial charge in [-0.05, 0) is 31.0 Å². The van der Waals surface area contributed by atoms with Crippen molar-refractivity contribution in [3.05, 3.63) is 35.4 Å². The van der Waals surface area contributed by atoms with Gasteiger partial charge in [0.1, 0.15) is 6.54 Å². The number of amides is 1. The lowest BCUT2D eigenvalue weighted by atomic mass is 10.1. The summed E-state index contributed by atoms with van der Waals surface area (Å²) in [6.45, 7) is 1.82. The number of esters is 1. The lowest BCUT2D eigenvalue weighted by Crippen LogP contribution is -2.33. The lowest BCUT2D eigenvalue weighted by molar-refractivity contribution is -0.148. The van der Waals surface area contributed by atoms with Crippen molar-refractivity contribution in [3.8, 4) is 0 Å². The fourth-order valence-electron chi connectivity index (χ4n) is 1.63. The molecule has 0 spiro atoms. The molecule has 0 heterocycles. The van der Waals surface area contributed by atoms with Crippen LogP contribution in [0.2, 0.25) is 0 Å².